The molecule has 2 heterocycles. The predicted molar refractivity (Wildman–Crippen MR) is 79.6 cm³/mol. The number of carbonyl (C=O) groups is 1. The van der Waals surface area contributed by atoms with Gasteiger partial charge in [-0.1, -0.05) is 12.1 Å². The Kier molecular flexibility index (Phi) is 3.52. The molecular formula is C14H17N3O3S. The fourth-order valence-corrected chi connectivity index (χ4v) is 4.11. The van der Waals surface area contributed by atoms with Crippen molar-refractivity contribution in [2.24, 2.45) is 5.92 Å². The van der Waals surface area contributed by atoms with Gasteiger partial charge in [0.2, 0.25) is 0 Å². The molecule has 3 rings (SSSR count). The fourth-order valence-electron chi connectivity index (χ4n) is 2.80. The van der Waals surface area contributed by atoms with Crippen LogP contribution in [0.25, 0.3) is 10.2 Å². The standard InChI is InChI=1S/C14H17N3O3S/c1-7-4-5-9-10(6-7)21-12-11(9)13(18)17(16-15-12)8(2)14(19)20-3/h7-8H,4-6H2,1-3H3/t7-,8-/m1/s1. The number of aryl methyl sites for hydroxylation is 1. The van der Waals surface area contributed by atoms with Crippen LogP contribution in [-0.2, 0) is 22.4 Å². The minimum Gasteiger partial charge on any atom is -0.467 e. The van der Waals surface area contributed by atoms with Crippen LogP contribution >= 0.6 is 11.3 Å². The largest absolute Gasteiger partial charge is 0.467 e. The van der Waals surface area contributed by atoms with Gasteiger partial charge in [-0.25, -0.2) is 4.79 Å². The summed E-state index contributed by atoms with van der Waals surface area (Å²) in [6.45, 7) is 3.81. The van der Waals surface area contributed by atoms with E-state index in [0.717, 1.165) is 29.5 Å². The highest BCUT2D eigenvalue weighted by Crippen LogP contribution is 2.35. The molecule has 7 heteroatoms. The van der Waals surface area contributed by atoms with Crippen molar-refractivity contribution >= 4 is 27.5 Å². The molecule has 2 aromatic heterocycles. The van der Waals surface area contributed by atoms with Crippen LogP contribution in [0.2, 0.25) is 0 Å². The molecular weight excluding hydrogens is 290 g/mol. The molecule has 0 unspecified atom stereocenters. The highest BCUT2D eigenvalue weighted by Gasteiger charge is 2.26. The van der Waals surface area contributed by atoms with Crippen molar-refractivity contribution in [3.05, 3.63) is 20.8 Å². The molecule has 0 spiro atoms. The number of carbonyl (C=O) groups excluding carboxylic acids is 1. The Morgan fingerprint density at radius 1 is 1.52 bits per heavy atom. The number of nitrogens with zero attached hydrogens (tertiary/aromatic N) is 3. The van der Waals surface area contributed by atoms with Crippen molar-refractivity contribution in [1.29, 1.82) is 0 Å². The number of aromatic nitrogens is 3. The Morgan fingerprint density at radius 3 is 3.00 bits per heavy atom. The van der Waals surface area contributed by atoms with Crippen LogP contribution in [0.15, 0.2) is 4.79 Å². The van der Waals surface area contributed by atoms with E-state index in [1.807, 2.05) is 0 Å². The molecule has 0 N–H and O–H groups in total. The van der Waals surface area contributed by atoms with Gasteiger partial charge in [0.15, 0.2) is 10.9 Å². The van der Waals surface area contributed by atoms with Gasteiger partial charge >= 0.3 is 5.97 Å². The molecule has 0 saturated carbocycles. The zero-order valence-electron chi connectivity index (χ0n) is 12.3. The molecule has 0 aliphatic heterocycles. The Balaban J connectivity index is 2.17. The molecule has 0 fully saturated rings. The van der Waals surface area contributed by atoms with Gasteiger partial charge in [-0.15, -0.1) is 16.4 Å². The van der Waals surface area contributed by atoms with Gasteiger partial charge in [-0.05, 0) is 37.7 Å². The maximum atomic E-state index is 12.7. The van der Waals surface area contributed by atoms with E-state index in [0.29, 0.717) is 16.1 Å². The topological polar surface area (TPSA) is 74.1 Å². The first-order valence-corrected chi connectivity index (χ1v) is 7.82. The zero-order valence-corrected chi connectivity index (χ0v) is 13.1. The number of thiophene rings is 1. The van der Waals surface area contributed by atoms with Crippen molar-refractivity contribution < 1.29 is 9.53 Å². The second-order valence-electron chi connectivity index (χ2n) is 5.57. The SMILES string of the molecule is COC(=O)[C@@H](C)n1nnc2sc3c(c2c1=O)CC[C@@H](C)C3. The third-order valence-corrected chi connectivity index (χ3v) is 5.19. The first-order valence-electron chi connectivity index (χ1n) is 7.00. The summed E-state index contributed by atoms with van der Waals surface area (Å²) >= 11 is 1.55. The molecule has 2 atom stereocenters. The van der Waals surface area contributed by atoms with Gasteiger partial charge in [-0.3, -0.25) is 4.79 Å². The average molecular weight is 307 g/mol. The quantitative estimate of drug-likeness (QED) is 0.790. The van der Waals surface area contributed by atoms with Crippen LogP contribution in [0.5, 0.6) is 0 Å². The van der Waals surface area contributed by atoms with Crippen LogP contribution in [0.3, 0.4) is 0 Å². The summed E-state index contributed by atoms with van der Waals surface area (Å²) in [7, 11) is 1.30. The van der Waals surface area contributed by atoms with Gasteiger partial charge in [0, 0.05) is 4.88 Å². The summed E-state index contributed by atoms with van der Waals surface area (Å²) in [6, 6.07) is -0.766. The monoisotopic (exact) mass is 307 g/mol. The van der Waals surface area contributed by atoms with Gasteiger partial charge in [0.05, 0.1) is 12.5 Å². The molecule has 0 saturated heterocycles. The summed E-state index contributed by atoms with van der Waals surface area (Å²) in [5, 5.41) is 8.67. The second-order valence-corrected chi connectivity index (χ2v) is 6.65. The minimum absolute atomic E-state index is 0.245. The molecule has 112 valence electrons. The molecule has 1 aliphatic carbocycles. The van der Waals surface area contributed by atoms with E-state index in [-0.39, 0.29) is 5.56 Å². The summed E-state index contributed by atoms with van der Waals surface area (Å²) in [6.07, 6.45) is 2.96. The molecule has 0 radical (unpaired) electrons. The molecule has 6 nitrogen and oxygen atoms in total. The lowest BCUT2D eigenvalue weighted by molar-refractivity contribution is -0.144. The number of methoxy groups -OCH3 is 1. The Bertz CT molecular complexity index is 765. The van der Waals surface area contributed by atoms with Crippen LogP contribution < -0.4 is 5.56 Å². The highest BCUT2D eigenvalue weighted by atomic mass is 32.1. The predicted octanol–water partition coefficient (Wildman–Crippen LogP) is 1.71. The zero-order chi connectivity index (χ0) is 15.1. The number of rotatable bonds is 2. The average Bonchev–Trinajstić information content (AvgIpc) is 2.84. The third-order valence-electron chi connectivity index (χ3n) is 4.06. The number of hydrogen-bond donors (Lipinski definition) is 0. The van der Waals surface area contributed by atoms with Crippen molar-refractivity contribution in [3.63, 3.8) is 0 Å². The minimum atomic E-state index is -0.766. The highest BCUT2D eigenvalue weighted by molar-refractivity contribution is 7.18. The van der Waals surface area contributed by atoms with Crippen LogP contribution in [0.4, 0.5) is 0 Å². The summed E-state index contributed by atoms with van der Waals surface area (Å²) in [5.74, 6) is 0.137. The Labute approximate surface area is 125 Å². The van der Waals surface area contributed by atoms with Crippen molar-refractivity contribution in [1.82, 2.24) is 15.0 Å². The van der Waals surface area contributed by atoms with E-state index < -0.39 is 12.0 Å². The fraction of sp³-hybridized carbons (Fsp3) is 0.571. The maximum absolute atomic E-state index is 12.7. The molecule has 1 aliphatic rings. The van der Waals surface area contributed by atoms with E-state index in [1.54, 1.807) is 18.3 Å². The lowest BCUT2D eigenvalue weighted by Crippen LogP contribution is -2.32. The number of esters is 1. The molecule has 0 amide bonds. The van der Waals surface area contributed by atoms with Gasteiger partial charge < -0.3 is 4.74 Å². The van der Waals surface area contributed by atoms with Gasteiger partial charge in [-0.2, -0.15) is 4.68 Å². The first-order chi connectivity index (χ1) is 10.0. The number of ether oxygens (including phenoxy) is 1. The molecule has 0 bridgehead atoms. The molecule has 2 aromatic rings. The van der Waals surface area contributed by atoms with E-state index >= 15 is 0 Å². The van der Waals surface area contributed by atoms with Gasteiger partial charge in [0.1, 0.15) is 0 Å². The smallest absolute Gasteiger partial charge is 0.330 e. The third kappa shape index (κ3) is 2.25. The van der Waals surface area contributed by atoms with Crippen molar-refractivity contribution in [2.75, 3.05) is 7.11 Å². The maximum Gasteiger partial charge on any atom is 0.330 e. The van der Waals surface area contributed by atoms with E-state index in [9.17, 15) is 9.59 Å². The molecule has 21 heavy (non-hydrogen) atoms. The summed E-state index contributed by atoms with van der Waals surface area (Å²) in [4.78, 5) is 26.2. The summed E-state index contributed by atoms with van der Waals surface area (Å²) < 4.78 is 5.80. The molecule has 0 aromatic carbocycles. The number of fused-ring (bicyclic) bond motifs is 3. The number of hydrogen-bond acceptors (Lipinski definition) is 6. The van der Waals surface area contributed by atoms with Crippen molar-refractivity contribution in [2.45, 2.75) is 39.2 Å². The van der Waals surface area contributed by atoms with E-state index in [1.165, 1.54) is 12.0 Å². The van der Waals surface area contributed by atoms with Crippen LogP contribution in [-0.4, -0.2) is 28.1 Å². The summed E-state index contributed by atoms with van der Waals surface area (Å²) in [5.41, 5.74) is 0.851. The first kappa shape index (κ1) is 14.2. The van der Waals surface area contributed by atoms with Crippen molar-refractivity contribution in [3.8, 4) is 0 Å². The lowest BCUT2D eigenvalue weighted by atomic mass is 9.89. The normalized spacial score (nSPS) is 19.3. The van der Waals surface area contributed by atoms with E-state index in [2.05, 4.69) is 22.0 Å². The lowest BCUT2D eigenvalue weighted by Gasteiger charge is -2.17. The Hall–Kier alpha value is -1.76. The Morgan fingerprint density at radius 2 is 2.29 bits per heavy atom. The van der Waals surface area contributed by atoms with Gasteiger partial charge in [0.25, 0.3) is 5.56 Å². The van der Waals surface area contributed by atoms with Crippen LogP contribution in [0, 0.1) is 5.92 Å². The second kappa shape index (κ2) is 5.22. The van der Waals surface area contributed by atoms with Crippen LogP contribution in [0.1, 0.15) is 36.8 Å². The van der Waals surface area contributed by atoms with E-state index in [4.69, 9.17) is 0 Å².